The first-order valence-corrected chi connectivity index (χ1v) is 2.84. The van der Waals surface area contributed by atoms with Gasteiger partial charge in [-0.15, -0.1) is 0 Å². The van der Waals surface area contributed by atoms with Crippen LogP contribution in [0.5, 0.6) is 0 Å². The van der Waals surface area contributed by atoms with Crippen LogP contribution in [0, 0.1) is 0 Å². The molecule has 0 heterocycles. The van der Waals surface area contributed by atoms with Gasteiger partial charge in [0.15, 0.2) is 0 Å². The van der Waals surface area contributed by atoms with Gasteiger partial charge in [-0.05, 0) is 5.54 Å². The average Bonchev–Trinajstić information content (AvgIpc) is 1.88. The molecule has 0 unspecified atom stereocenters. The van der Waals surface area contributed by atoms with Gasteiger partial charge in [0.2, 0.25) is 0 Å². The van der Waals surface area contributed by atoms with E-state index < -0.39 is 18.6 Å². The second-order valence-electron chi connectivity index (χ2n) is 1.28. The van der Waals surface area contributed by atoms with E-state index in [-0.39, 0.29) is 0 Å². The van der Waals surface area contributed by atoms with E-state index >= 15 is 0 Å². The molecule has 10 heavy (non-hydrogen) atoms. The van der Waals surface area contributed by atoms with Crippen LogP contribution in [0.1, 0.15) is 0 Å². The molecule has 0 aromatic rings. The van der Waals surface area contributed by atoms with E-state index in [0.717, 1.165) is 0 Å². The molecule has 0 aliphatic heterocycles. The largest absolute Gasteiger partial charge is 0.480 e. The Labute approximate surface area is 63.9 Å². The fourth-order valence-electron chi connectivity index (χ4n) is 0.0781. The SMILES string of the molecule is C=CCl.N[C@@H](CO)C(=O)O. The van der Waals surface area contributed by atoms with Crippen molar-refractivity contribution in [3.63, 3.8) is 0 Å². The van der Waals surface area contributed by atoms with Crippen LogP contribution in [0.4, 0.5) is 0 Å². The summed E-state index contributed by atoms with van der Waals surface area (Å²) < 4.78 is 0. The van der Waals surface area contributed by atoms with Crippen molar-refractivity contribution in [1.82, 2.24) is 0 Å². The summed E-state index contributed by atoms with van der Waals surface area (Å²) in [6.45, 7) is 2.62. The molecule has 60 valence electrons. The molecule has 4 nitrogen and oxygen atoms in total. The highest BCUT2D eigenvalue weighted by Gasteiger charge is 2.06. The fraction of sp³-hybridized carbons (Fsp3) is 0.400. The first kappa shape index (κ1) is 12.1. The lowest BCUT2D eigenvalue weighted by Gasteiger charge is -1.96. The van der Waals surface area contributed by atoms with Crippen LogP contribution in [0.2, 0.25) is 0 Å². The van der Waals surface area contributed by atoms with Gasteiger partial charge in [-0.1, -0.05) is 18.2 Å². The Kier molecular flexibility index (Phi) is 10.2. The van der Waals surface area contributed by atoms with Crippen molar-refractivity contribution in [1.29, 1.82) is 0 Å². The zero-order chi connectivity index (χ0) is 8.57. The van der Waals surface area contributed by atoms with Gasteiger partial charge in [-0.25, -0.2) is 0 Å². The maximum Gasteiger partial charge on any atom is 0.322 e. The molecule has 0 aromatic heterocycles. The smallest absolute Gasteiger partial charge is 0.322 e. The van der Waals surface area contributed by atoms with Crippen molar-refractivity contribution in [3.05, 3.63) is 12.1 Å². The third-order valence-electron chi connectivity index (χ3n) is 0.514. The number of nitrogens with two attached hydrogens (primary N) is 1. The van der Waals surface area contributed by atoms with Gasteiger partial charge in [0, 0.05) is 0 Å². The number of hydrogen-bond donors (Lipinski definition) is 3. The molecule has 0 fully saturated rings. The van der Waals surface area contributed by atoms with Crippen LogP contribution in [0.15, 0.2) is 12.1 Å². The third kappa shape index (κ3) is 10.4. The number of hydrogen-bond acceptors (Lipinski definition) is 3. The molecule has 0 saturated heterocycles. The van der Waals surface area contributed by atoms with Gasteiger partial charge in [-0.2, -0.15) is 0 Å². The highest BCUT2D eigenvalue weighted by molar-refractivity contribution is 6.25. The molecular weight excluding hydrogens is 158 g/mol. The number of aliphatic hydroxyl groups excluding tert-OH is 1. The lowest BCUT2D eigenvalue weighted by molar-refractivity contribution is -0.139. The van der Waals surface area contributed by atoms with Gasteiger partial charge < -0.3 is 15.9 Å². The highest BCUT2D eigenvalue weighted by atomic mass is 35.5. The van der Waals surface area contributed by atoms with Crippen LogP contribution in [0.3, 0.4) is 0 Å². The van der Waals surface area contributed by atoms with Crippen LogP contribution in [-0.2, 0) is 4.79 Å². The second kappa shape index (κ2) is 8.42. The van der Waals surface area contributed by atoms with E-state index in [4.69, 9.17) is 27.5 Å². The van der Waals surface area contributed by atoms with Crippen molar-refractivity contribution in [3.8, 4) is 0 Å². The van der Waals surface area contributed by atoms with Gasteiger partial charge >= 0.3 is 5.97 Å². The molecule has 0 aromatic carbocycles. The minimum Gasteiger partial charge on any atom is -0.480 e. The van der Waals surface area contributed by atoms with Crippen molar-refractivity contribution < 1.29 is 15.0 Å². The number of carboxylic acid groups (broad SMARTS) is 1. The van der Waals surface area contributed by atoms with Crippen molar-refractivity contribution in [2.75, 3.05) is 6.61 Å². The lowest BCUT2D eigenvalue weighted by atomic mass is 10.3. The number of carboxylic acids is 1. The van der Waals surface area contributed by atoms with E-state index in [1.54, 1.807) is 0 Å². The summed E-state index contributed by atoms with van der Waals surface area (Å²) in [5.41, 5.74) is 5.99. The molecule has 0 spiro atoms. The third-order valence-corrected chi connectivity index (χ3v) is 0.514. The summed E-state index contributed by atoms with van der Waals surface area (Å²) in [5, 5.41) is 15.9. The summed E-state index contributed by atoms with van der Waals surface area (Å²) in [7, 11) is 0. The Bertz CT molecular complexity index is 107. The summed E-state index contributed by atoms with van der Waals surface area (Å²) in [6.07, 6.45) is 0. The number of rotatable bonds is 2. The van der Waals surface area contributed by atoms with Crippen LogP contribution >= 0.6 is 11.6 Å². The van der Waals surface area contributed by atoms with Crippen molar-refractivity contribution >= 4 is 17.6 Å². The van der Waals surface area contributed by atoms with Gasteiger partial charge in [0.1, 0.15) is 6.04 Å². The molecule has 0 radical (unpaired) electrons. The molecule has 0 rings (SSSR count). The summed E-state index contributed by atoms with van der Waals surface area (Å²) >= 11 is 4.76. The van der Waals surface area contributed by atoms with Crippen molar-refractivity contribution in [2.45, 2.75) is 6.04 Å². The Morgan fingerprint density at radius 1 is 1.90 bits per heavy atom. The number of halogens is 1. The maximum absolute atomic E-state index is 9.65. The molecule has 0 saturated carbocycles. The number of aliphatic hydroxyl groups is 1. The summed E-state index contributed by atoms with van der Waals surface area (Å²) in [4.78, 5) is 9.65. The Hall–Kier alpha value is -0.580. The first-order valence-electron chi connectivity index (χ1n) is 2.40. The molecule has 1 atom stereocenters. The predicted molar refractivity (Wildman–Crippen MR) is 38.7 cm³/mol. The molecule has 0 bridgehead atoms. The molecule has 5 heteroatoms. The lowest BCUT2D eigenvalue weighted by Crippen LogP contribution is -2.33. The van der Waals surface area contributed by atoms with E-state index in [1.807, 2.05) is 0 Å². The van der Waals surface area contributed by atoms with Gasteiger partial charge in [0.05, 0.1) is 6.61 Å². The zero-order valence-electron chi connectivity index (χ0n) is 5.33. The number of carbonyl (C=O) groups is 1. The van der Waals surface area contributed by atoms with E-state index in [1.165, 1.54) is 5.54 Å². The van der Waals surface area contributed by atoms with Gasteiger partial charge in [0.25, 0.3) is 0 Å². The second-order valence-corrected chi connectivity index (χ2v) is 1.59. The van der Waals surface area contributed by atoms with Crippen LogP contribution in [-0.4, -0.2) is 28.8 Å². The van der Waals surface area contributed by atoms with Crippen LogP contribution < -0.4 is 5.73 Å². The monoisotopic (exact) mass is 167 g/mol. The predicted octanol–water partition coefficient (Wildman–Crippen LogP) is -0.241. The average molecular weight is 168 g/mol. The topological polar surface area (TPSA) is 83.5 Å². The maximum atomic E-state index is 9.65. The Morgan fingerprint density at radius 2 is 2.20 bits per heavy atom. The quantitative estimate of drug-likeness (QED) is 0.530. The Morgan fingerprint density at radius 3 is 2.20 bits per heavy atom. The van der Waals surface area contributed by atoms with E-state index in [9.17, 15) is 4.79 Å². The minimum atomic E-state index is -1.18. The summed E-state index contributed by atoms with van der Waals surface area (Å²) in [6, 6.07) is -1.13. The Balaban J connectivity index is 0. The molecule has 4 N–H and O–H groups in total. The molecular formula is C5H10ClNO3. The fourth-order valence-corrected chi connectivity index (χ4v) is 0.0781. The molecule has 0 amide bonds. The van der Waals surface area contributed by atoms with E-state index in [0.29, 0.717) is 0 Å². The van der Waals surface area contributed by atoms with E-state index in [2.05, 4.69) is 6.58 Å². The summed E-state index contributed by atoms with van der Waals surface area (Å²) in [5.74, 6) is -1.18. The standard InChI is InChI=1S/C3H7NO3.C2H3Cl/c4-2(1-5)3(6)7;1-2-3/h2,5H,1,4H2,(H,6,7);2H,1H2/t2-;/m0./s1. The van der Waals surface area contributed by atoms with Gasteiger partial charge in [-0.3, -0.25) is 4.79 Å². The molecule has 0 aliphatic carbocycles. The van der Waals surface area contributed by atoms with Crippen molar-refractivity contribution in [2.24, 2.45) is 5.73 Å². The molecule has 0 aliphatic rings. The zero-order valence-corrected chi connectivity index (χ0v) is 6.08. The highest BCUT2D eigenvalue weighted by Crippen LogP contribution is 1.71. The van der Waals surface area contributed by atoms with Crippen LogP contribution in [0.25, 0.3) is 0 Å². The first-order chi connectivity index (χ1) is 4.59. The minimum absolute atomic E-state index is 0.505. The number of aliphatic carboxylic acids is 1. The normalized spacial score (nSPS) is 10.7.